The van der Waals surface area contributed by atoms with Crippen LogP contribution in [0.2, 0.25) is 0 Å². The second-order valence-electron chi connectivity index (χ2n) is 3.21. The number of rotatable bonds is 1. The van der Waals surface area contributed by atoms with E-state index in [0.717, 1.165) is 16.8 Å². The molecule has 1 aromatic carbocycles. The van der Waals surface area contributed by atoms with Gasteiger partial charge in [-0.25, -0.2) is 9.97 Å². The third kappa shape index (κ3) is 1.71. The average molecular weight is 185 g/mol. The van der Waals surface area contributed by atoms with Crippen LogP contribution in [-0.4, -0.2) is 9.97 Å². The van der Waals surface area contributed by atoms with E-state index in [0.29, 0.717) is 5.82 Å². The maximum Gasteiger partial charge on any atom is 0.159 e. The highest BCUT2D eigenvalue weighted by atomic mass is 14.9. The first-order chi connectivity index (χ1) is 6.75. The lowest BCUT2D eigenvalue weighted by Crippen LogP contribution is -1.90. The Balaban J connectivity index is 2.44. The fourth-order valence-electron chi connectivity index (χ4n) is 1.22. The lowest BCUT2D eigenvalue weighted by molar-refractivity contribution is 1.14. The average Bonchev–Trinajstić information content (AvgIpc) is 2.19. The van der Waals surface area contributed by atoms with Crippen LogP contribution < -0.4 is 5.73 Å². The van der Waals surface area contributed by atoms with Gasteiger partial charge in [0.25, 0.3) is 0 Å². The van der Waals surface area contributed by atoms with Gasteiger partial charge in [0.2, 0.25) is 0 Å². The van der Waals surface area contributed by atoms with Crippen LogP contribution in [0.25, 0.3) is 11.4 Å². The van der Waals surface area contributed by atoms with Gasteiger partial charge >= 0.3 is 0 Å². The van der Waals surface area contributed by atoms with E-state index in [1.165, 1.54) is 0 Å². The van der Waals surface area contributed by atoms with Gasteiger partial charge in [-0.1, -0.05) is 12.1 Å². The third-order valence-electron chi connectivity index (χ3n) is 1.93. The van der Waals surface area contributed by atoms with Crippen LogP contribution >= 0.6 is 0 Å². The zero-order valence-electron chi connectivity index (χ0n) is 7.94. The summed E-state index contributed by atoms with van der Waals surface area (Å²) in [5.74, 6) is 0.711. The molecule has 3 nitrogen and oxygen atoms in total. The van der Waals surface area contributed by atoms with Crippen LogP contribution in [0.15, 0.2) is 36.7 Å². The van der Waals surface area contributed by atoms with Crippen LogP contribution in [0.3, 0.4) is 0 Å². The molecule has 0 fully saturated rings. The summed E-state index contributed by atoms with van der Waals surface area (Å²) < 4.78 is 0. The third-order valence-corrected chi connectivity index (χ3v) is 1.93. The minimum absolute atomic E-state index is 0.711. The quantitative estimate of drug-likeness (QED) is 0.691. The largest absolute Gasteiger partial charge is 0.399 e. The Kier molecular flexibility index (Phi) is 2.14. The van der Waals surface area contributed by atoms with Crippen LogP contribution in [0.4, 0.5) is 5.69 Å². The number of aryl methyl sites for hydroxylation is 1. The molecule has 70 valence electrons. The molecular formula is C11H11N3. The van der Waals surface area contributed by atoms with Crippen LogP contribution in [-0.2, 0) is 0 Å². The maximum absolute atomic E-state index is 5.67. The van der Waals surface area contributed by atoms with Crippen molar-refractivity contribution in [2.24, 2.45) is 0 Å². The molecule has 14 heavy (non-hydrogen) atoms. The van der Waals surface area contributed by atoms with E-state index in [9.17, 15) is 0 Å². The van der Waals surface area contributed by atoms with E-state index >= 15 is 0 Å². The molecule has 0 aliphatic heterocycles. The maximum atomic E-state index is 5.67. The molecule has 1 heterocycles. The van der Waals surface area contributed by atoms with Crippen molar-refractivity contribution in [2.45, 2.75) is 6.92 Å². The highest BCUT2D eigenvalue weighted by Crippen LogP contribution is 2.16. The predicted molar refractivity (Wildman–Crippen MR) is 56.6 cm³/mol. The Bertz CT molecular complexity index is 435. The van der Waals surface area contributed by atoms with Crippen molar-refractivity contribution in [3.05, 3.63) is 42.2 Å². The highest BCUT2D eigenvalue weighted by Gasteiger charge is 1.99. The summed E-state index contributed by atoms with van der Waals surface area (Å²) >= 11 is 0. The van der Waals surface area contributed by atoms with E-state index in [-0.39, 0.29) is 0 Å². The van der Waals surface area contributed by atoms with Crippen molar-refractivity contribution in [1.29, 1.82) is 0 Å². The van der Waals surface area contributed by atoms with E-state index < -0.39 is 0 Å². The van der Waals surface area contributed by atoms with Crippen molar-refractivity contribution >= 4 is 5.69 Å². The second-order valence-corrected chi connectivity index (χ2v) is 3.21. The molecule has 0 spiro atoms. The molecular weight excluding hydrogens is 174 g/mol. The Morgan fingerprint density at radius 3 is 2.50 bits per heavy atom. The second kappa shape index (κ2) is 3.46. The van der Waals surface area contributed by atoms with E-state index in [1.807, 2.05) is 31.2 Å². The minimum Gasteiger partial charge on any atom is -0.399 e. The Hall–Kier alpha value is -1.90. The number of nitrogens with zero attached hydrogens (tertiary/aromatic N) is 2. The van der Waals surface area contributed by atoms with Gasteiger partial charge in [-0.15, -0.1) is 0 Å². The van der Waals surface area contributed by atoms with E-state index in [1.54, 1.807) is 12.4 Å². The van der Waals surface area contributed by atoms with Crippen LogP contribution in [0.1, 0.15) is 5.56 Å². The lowest BCUT2D eigenvalue weighted by atomic mass is 10.2. The van der Waals surface area contributed by atoms with Gasteiger partial charge in [0, 0.05) is 23.6 Å². The zero-order chi connectivity index (χ0) is 9.97. The molecule has 2 N–H and O–H groups in total. The molecule has 1 aromatic heterocycles. The SMILES string of the molecule is Cc1cnc(-c2cccc(N)c2)nc1. The first kappa shape index (κ1) is 8.69. The molecule has 2 aromatic rings. The van der Waals surface area contributed by atoms with Gasteiger partial charge in [0.15, 0.2) is 5.82 Å². The number of anilines is 1. The van der Waals surface area contributed by atoms with Crippen molar-refractivity contribution in [3.8, 4) is 11.4 Å². The Labute approximate surface area is 82.6 Å². The number of nitrogens with two attached hydrogens (primary N) is 1. The smallest absolute Gasteiger partial charge is 0.159 e. The fourth-order valence-corrected chi connectivity index (χ4v) is 1.22. The molecule has 0 saturated heterocycles. The van der Waals surface area contributed by atoms with Crippen LogP contribution in [0.5, 0.6) is 0 Å². The molecule has 0 amide bonds. The lowest BCUT2D eigenvalue weighted by Gasteiger charge is -2.00. The van der Waals surface area contributed by atoms with Gasteiger partial charge < -0.3 is 5.73 Å². The monoisotopic (exact) mass is 185 g/mol. The summed E-state index contributed by atoms with van der Waals surface area (Å²) in [4.78, 5) is 8.45. The van der Waals surface area contributed by atoms with E-state index in [4.69, 9.17) is 5.73 Å². The fraction of sp³-hybridized carbons (Fsp3) is 0.0909. The van der Waals surface area contributed by atoms with E-state index in [2.05, 4.69) is 9.97 Å². The Morgan fingerprint density at radius 2 is 1.86 bits per heavy atom. The first-order valence-electron chi connectivity index (χ1n) is 4.40. The summed E-state index contributed by atoms with van der Waals surface area (Å²) in [6.07, 6.45) is 3.59. The molecule has 0 unspecified atom stereocenters. The molecule has 0 atom stereocenters. The molecule has 3 heteroatoms. The van der Waals surface area contributed by atoms with Crippen molar-refractivity contribution in [2.75, 3.05) is 5.73 Å². The van der Waals surface area contributed by atoms with Gasteiger partial charge in [0.1, 0.15) is 0 Å². The molecule has 0 bridgehead atoms. The minimum atomic E-state index is 0.711. The number of hydrogen-bond acceptors (Lipinski definition) is 3. The van der Waals surface area contributed by atoms with Crippen molar-refractivity contribution in [1.82, 2.24) is 9.97 Å². The topological polar surface area (TPSA) is 51.8 Å². The van der Waals surface area contributed by atoms with Crippen molar-refractivity contribution in [3.63, 3.8) is 0 Å². The van der Waals surface area contributed by atoms with Crippen LogP contribution in [0, 0.1) is 6.92 Å². The molecule has 0 aliphatic rings. The van der Waals surface area contributed by atoms with Gasteiger partial charge in [-0.3, -0.25) is 0 Å². The first-order valence-corrected chi connectivity index (χ1v) is 4.40. The zero-order valence-corrected chi connectivity index (χ0v) is 7.94. The summed E-state index contributed by atoms with van der Waals surface area (Å²) in [5, 5.41) is 0. The van der Waals surface area contributed by atoms with Gasteiger partial charge in [-0.2, -0.15) is 0 Å². The summed E-state index contributed by atoms with van der Waals surface area (Å²) in [7, 11) is 0. The summed E-state index contributed by atoms with van der Waals surface area (Å²) in [5.41, 5.74) is 8.40. The summed E-state index contributed by atoms with van der Waals surface area (Å²) in [6, 6.07) is 7.55. The molecule has 0 saturated carbocycles. The standard InChI is InChI=1S/C11H11N3/c1-8-6-13-11(14-7-8)9-3-2-4-10(12)5-9/h2-7H,12H2,1H3. The highest BCUT2D eigenvalue weighted by molar-refractivity contribution is 5.60. The Morgan fingerprint density at radius 1 is 1.14 bits per heavy atom. The number of benzene rings is 1. The van der Waals surface area contributed by atoms with Gasteiger partial charge in [0.05, 0.1) is 0 Å². The number of aromatic nitrogens is 2. The molecule has 0 aliphatic carbocycles. The molecule has 2 rings (SSSR count). The number of hydrogen-bond donors (Lipinski definition) is 1. The summed E-state index contributed by atoms with van der Waals surface area (Å²) in [6.45, 7) is 1.96. The normalized spacial score (nSPS) is 10.1. The van der Waals surface area contributed by atoms with Gasteiger partial charge in [-0.05, 0) is 24.6 Å². The number of nitrogen functional groups attached to an aromatic ring is 1. The molecule has 0 radical (unpaired) electrons. The predicted octanol–water partition coefficient (Wildman–Crippen LogP) is 2.03. The van der Waals surface area contributed by atoms with Crippen molar-refractivity contribution < 1.29 is 0 Å².